The molecule has 0 aliphatic heterocycles. The van der Waals surface area contributed by atoms with Crippen molar-refractivity contribution in [1.29, 1.82) is 0 Å². The second-order valence-electron chi connectivity index (χ2n) is 5.94. The molecule has 140 valence electrons. The predicted octanol–water partition coefficient (Wildman–Crippen LogP) is 2.30. The van der Waals surface area contributed by atoms with Crippen LogP contribution in [0, 0.1) is 0 Å². The summed E-state index contributed by atoms with van der Waals surface area (Å²) >= 11 is 1.27. The van der Waals surface area contributed by atoms with Crippen LogP contribution in [-0.4, -0.2) is 27.7 Å². The van der Waals surface area contributed by atoms with E-state index in [9.17, 15) is 9.59 Å². The van der Waals surface area contributed by atoms with E-state index in [2.05, 4.69) is 10.1 Å². The molecule has 2 heterocycles. The lowest BCUT2D eigenvalue weighted by molar-refractivity contribution is -0.131. The fraction of sp³-hybridized carbons (Fsp3) is 0.100. The Kier molecular flexibility index (Phi) is 4.62. The topological polar surface area (TPSA) is 82.8 Å². The molecule has 4 rings (SSSR count). The molecule has 0 unspecified atom stereocenters. The van der Waals surface area contributed by atoms with Crippen LogP contribution in [0.3, 0.4) is 0 Å². The predicted molar refractivity (Wildman–Crippen MR) is 106 cm³/mol. The maximum Gasteiger partial charge on any atom is 0.308 e. The molecule has 8 heteroatoms. The molecule has 4 aromatic rings. The van der Waals surface area contributed by atoms with Gasteiger partial charge in [-0.2, -0.15) is 9.50 Å². The Bertz CT molecular complexity index is 1260. The Labute approximate surface area is 163 Å². The second kappa shape index (κ2) is 7.24. The molecule has 0 aliphatic carbocycles. The SMILES string of the molecule is COc1ccc(-c2nc3s/c(=C\c4ccc(OC(C)=O)cc4)c(=O)n3n2)cc1. The molecule has 0 N–H and O–H groups in total. The zero-order valence-corrected chi connectivity index (χ0v) is 15.9. The van der Waals surface area contributed by atoms with Gasteiger partial charge in [-0.05, 0) is 48.0 Å². The van der Waals surface area contributed by atoms with Gasteiger partial charge in [0.05, 0.1) is 11.6 Å². The minimum atomic E-state index is -0.378. The van der Waals surface area contributed by atoms with Crippen molar-refractivity contribution in [1.82, 2.24) is 14.6 Å². The molecule has 0 saturated heterocycles. The molecular weight excluding hydrogens is 378 g/mol. The lowest BCUT2D eigenvalue weighted by Gasteiger charge is -2.00. The van der Waals surface area contributed by atoms with E-state index in [0.717, 1.165) is 16.9 Å². The molecule has 0 fully saturated rings. The number of esters is 1. The van der Waals surface area contributed by atoms with Gasteiger partial charge in [-0.15, -0.1) is 5.10 Å². The van der Waals surface area contributed by atoms with Gasteiger partial charge in [-0.1, -0.05) is 23.5 Å². The number of fused-ring (bicyclic) bond motifs is 1. The van der Waals surface area contributed by atoms with Crippen molar-refractivity contribution in [3.05, 3.63) is 69.0 Å². The highest BCUT2D eigenvalue weighted by Crippen LogP contribution is 2.20. The normalized spacial score (nSPS) is 11.7. The van der Waals surface area contributed by atoms with Crippen LogP contribution >= 0.6 is 11.3 Å². The number of methoxy groups -OCH3 is 1. The molecular formula is C20H15N3O4S. The highest BCUT2D eigenvalue weighted by Gasteiger charge is 2.12. The Morgan fingerprint density at radius 3 is 2.36 bits per heavy atom. The fourth-order valence-corrected chi connectivity index (χ4v) is 3.55. The monoisotopic (exact) mass is 393 g/mol. The van der Waals surface area contributed by atoms with Crippen LogP contribution < -0.4 is 19.6 Å². The van der Waals surface area contributed by atoms with Gasteiger partial charge < -0.3 is 9.47 Å². The van der Waals surface area contributed by atoms with Crippen LogP contribution in [0.4, 0.5) is 0 Å². The molecule has 0 radical (unpaired) electrons. The highest BCUT2D eigenvalue weighted by molar-refractivity contribution is 7.15. The van der Waals surface area contributed by atoms with Crippen LogP contribution in [0.15, 0.2) is 53.3 Å². The summed E-state index contributed by atoms with van der Waals surface area (Å²) in [7, 11) is 1.60. The van der Waals surface area contributed by atoms with Crippen molar-refractivity contribution in [2.24, 2.45) is 0 Å². The van der Waals surface area contributed by atoms with E-state index >= 15 is 0 Å². The third-order valence-electron chi connectivity index (χ3n) is 3.97. The van der Waals surface area contributed by atoms with Crippen LogP contribution in [0.5, 0.6) is 11.5 Å². The molecule has 0 bridgehead atoms. The van der Waals surface area contributed by atoms with E-state index in [1.165, 1.54) is 22.8 Å². The number of hydrogen-bond acceptors (Lipinski definition) is 7. The molecule has 0 amide bonds. The van der Waals surface area contributed by atoms with E-state index in [1.807, 2.05) is 24.3 Å². The van der Waals surface area contributed by atoms with E-state index in [4.69, 9.17) is 9.47 Å². The number of carbonyl (C=O) groups is 1. The van der Waals surface area contributed by atoms with Crippen LogP contribution in [0.25, 0.3) is 22.4 Å². The Morgan fingerprint density at radius 1 is 1.07 bits per heavy atom. The van der Waals surface area contributed by atoms with Gasteiger partial charge in [0.15, 0.2) is 5.82 Å². The van der Waals surface area contributed by atoms with Gasteiger partial charge in [-0.25, -0.2) is 0 Å². The van der Waals surface area contributed by atoms with Gasteiger partial charge in [0, 0.05) is 12.5 Å². The summed E-state index contributed by atoms with van der Waals surface area (Å²) in [6.07, 6.45) is 1.76. The summed E-state index contributed by atoms with van der Waals surface area (Å²) in [6, 6.07) is 14.2. The molecule has 2 aromatic carbocycles. The van der Waals surface area contributed by atoms with Crippen LogP contribution in [-0.2, 0) is 4.79 Å². The average Bonchev–Trinajstić information content (AvgIpc) is 3.23. The minimum Gasteiger partial charge on any atom is -0.497 e. The lowest BCUT2D eigenvalue weighted by Crippen LogP contribution is -2.23. The largest absolute Gasteiger partial charge is 0.497 e. The standard InChI is InChI=1S/C20H15N3O4S/c1-12(24)27-16-7-3-13(4-8-16)11-17-19(25)23-20(28-17)21-18(22-23)14-5-9-15(26-2)10-6-14/h3-11H,1-2H3/b17-11-. The number of benzene rings is 2. The summed E-state index contributed by atoms with van der Waals surface area (Å²) < 4.78 is 12.0. The molecule has 28 heavy (non-hydrogen) atoms. The van der Waals surface area contributed by atoms with Gasteiger partial charge in [0.2, 0.25) is 4.96 Å². The fourth-order valence-electron chi connectivity index (χ4n) is 2.65. The summed E-state index contributed by atoms with van der Waals surface area (Å²) in [5.41, 5.74) is 1.40. The number of thiazole rings is 1. The quantitative estimate of drug-likeness (QED) is 0.391. The number of hydrogen-bond donors (Lipinski definition) is 0. The van der Waals surface area contributed by atoms with E-state index < -0.39 is 0 Å². The van der Waals surface area contributed by atoms with Crippen molar-refractivity contribution >= 4 is 28.3 Å². The second-order valence-corrected chi connectivity index (χ2v) is 6.95. The van der Waals surface area contributed by atoms with Crippen molar-refractivity contribution in [3.8, 4) is 22.9 Å². The van der Waals surface area contributed by atoms with Crippen molar-refractivity contribution in [2.45, 2.75) is 6.92 Å². The molecule has 0 aliphatic rings. The van der Waals surface area contributed by atoms with Gasteiger partial charge in [-0.3, -0.25) is 9.59 Å². The van der Waals surface area contributed by atoms with Crippen molar-refractivity contribution in [3.63, 3.8) is 0 Å². The van der Waals surface area contributed by atoms with E-state index in [0.29, 0.717) is 21.1 Å². The van der Waals surface area contributed by atoms with Gasteiger partial charge in [0.25, 0.3) is 5.56 Å². The lowest BCUT2D eigenvalue weighted by atomic mass is 10.2. The minimum absolute atomic E-state index is 0.226. The van der Waals surface area contributed by atoms with Crippen LogP contribution in [0.1, 0.15) is 12.5 Å². The number of aromatic nitrogens is 3. The first-order valence-electron chi connectivity index (χ1n) is 8.38. The smallest absolute Gasteiger partial charge is 0.308 e. The number of rotatable bonds is 4. The number of ether oxygens (including phenoxy) is 2. The van der Waals surface area contributed by atoms with E-state index in [1.54, 1.807) is 37.5 Å². The molecule has 0 spiro atoms. The Balaban J connectivity index is 1.66. The maximum absolute atomic E-state index is 12.6. The Hall–Kier alpha value is -3.52. The molecule has 2 aromatic heterocycles. The van der Waals surface area contributed by atoms with E-state index in [-0.39, 0.29) is 11.5 Å². The van der Waals surface area contributed by atoms with Gasteiger partial charge in [0.1, 0.15) is 11.5 Å². The summed E-state index contributed by atoms with van der Waals surface area (Å²) in [6.45, 7) is 1.35. The third-order valence-corrected chi connectivity index (χ3v) is 4.93. The zero-order valence-electron chi connectivity index (χ0n) is 15.1. The van der Waals surface area contributed by atoms with Gasteiger partial charge >= 0.3 is 5.97 Å². The number of nitrogens with zero attached hydrogens (tertiary/aromatic N) is 3. The third kappa shape index (κ3) is 3.49. The maximum atomic E-state index is 12.6. The first-order valence-corrected chi connectivity index (χ1v) is 9.19. The van der Waals surface area contributed by atoms with Crippen molar-refractivity contribution < 1.29 is 14.3 Å². The molecule has 0 saturated carbocycles. The summed E-state index contributed by atoms with van der Waals surface area (Å²) in [5.74, 6) is 1.31. The summed E-state index contributed by atoms with van der Waals surface area (Å²) in [4.78, 5) is 28.6. The number of carbonyl (C=O) groups excluding carboxylic acids is 1. The molecule has 7 nitrogen and oxygen atoms in total. The first-order chi connectivity index (χ1) is 13.5. The molecule has 0 atom stereocenters. The average molecular weight is 393 g/mol. The summed E-state index contributed by atoms with van der Waals surface area (Å²) in [5, 5.41) is 4.33. The highest BCUT2D eigenvalue weighted by atomic mass is 32.1. The van der Waals surface area contributed by atoms with Crippen LogP contribution in [0.2, 0.25) is 0 Å². The zero-order chi connectivity index (χ0) is 19.7. The van der Waals surface area contributed by atoms with Crippen molar-refractivity contribution in [2.75, 3.05) is 7.11 Å². The Morgan fingerprint density at radius 2 is 1.75 bits per heavy atom. The first kappa shape index (κ1) is 17.9.